The highest BCUT2D eigenvalue weighted by atomic mass is 16.3. The number of hydrogen-bond donors (Lipinski definition) is 2. The monoisotopic (exact) mass is 395 g/mol. The van der Waals surface area contributed by atoms with Gasteiger partial charge in [-0.1, -0.05) is 60.7 Å². The van der Waals surface area contributed by atoms with Gasteiger partial charge in [-0.3, -0.25) is 4.79 Å². The normalized spacial score (nSPS) is 10.5. The topological polar surface area (TPSA) is 75.1 Å². The minimum Gasteiger partial charge on any atom is -0.508 e. The molecule has 1 aromatic heterocycles. The molecule has 0 aliphatic rings. The standard InChI is InChI=1S/C25H21N3O2/c29-21-14-12-19(13-15-21)22-17-26-25(24(27-22)20-9-5-2-6-10-20)28-23(30)16-11-18-7-3-1-4-8-18/h1-10,12-15,17,29H,11,16H2,(H,26,28,30). The molecule has 0 saturated heterocycles. The van der Waals surface area contributed by atoms with E-state index >= 15 is 0 Å². The van der Waals surface area contributed by atoms with Crippen LogP contribution in [0, 0.1) is 0 Å². The van der Waals surface area contributed by atoms with Crippen molar-refractivity contribution in [2.45, 2.75) is 12.8 Å². The van der Waals surface area contributed by atoms with Crippen molar-refractivity contribution in [3.63, 3.8) is 0 Å². The third-order valence-corrected chi connectivity index (χ3v) is 4.72. The predicted molar refractivity (Wildman–Crippen MR) is 118 cm³/mol. The van der Waals surface area contributed by atoms with E-state index < -0.39 is 0 Å². The summed E-state index contributed by atoms with van der Waals surface area (Å²) in [6.45, 7) is 0. The van der Waals surface area contributed by atoms with E-state index in [1.54, 1.807) is 30.5 Å². The first kappa shape index (κ1) is 19.3. The molecule has 3 aromatic carbocycles. The number of rotatable bonds is 6. The molecule has 0 aliphatic heterocycles. The van der Waals surface area contributed by atoms with Gasteiger partial charge in [0.1, 0.15) is 11.4 Å². The van der Waals surface area contributed by atoms with Crippen LogP contribution >= 0.6 is 0 Å². The highest BCUT2D eigenvalue weighted by Crippen LogP contribution is 2.28. The quantitative estimate of drug-likeness (QED) is 0.477. The Morgan fingerprint density at radius 1 is 0.833 bits per heavy atom. The molecule has 0 bridgehead atoms. The highest BCUT2D eigenvalue weighted by molar-refractivity contribution is 5.93. The molecule has 0 aliphatic carbocycles. The number of benzene rings is 3. The van der Waals surface area contributed by atoms with Gasteiger partial charge in [-0.05, 0) is 36.2 Å². The molecule has 2 N–H and O–H groups in total. The maximum Gasteiger partial charge on any atom is 0.225 e. The molecule has 0 fully saturated rings. The molecule has 5 heteroatoms. The number of phenolic OH excluding ortho intramolecular Hbond substituents is 1. The Kier molecular flexibility index (Phi) is 5.80. The predicted octanol–water partition coefficient (Wildman–Crippen LogP) is 5.09. The van der Waals surface area contributed by atoms with Gasteiger partial charge in [0.25, 0.3) is 0 Å². The first-order chi connectivity index (χ1) is 14.7. The van der Waals surface area contributed by atoms with Gasteiger partial charge >= 0.3 is 0 Å². The first-order valence-corrected chi connectivity index (χ1v) is 9.75. The van der Waals surface area contributed by atoms with Gasteiger partial charge in [0, 0.05) is 17.5 Å². The molecule has 4 aromatic rings. The van der Waals surface area contributed by atoms with Crippen molar-refractivity contribution in [3.8, 4) is 28.3 Å². The van der Waals surface area contributed by atoms with Crippen molar-refractivity contribution < 1.29 is 9.90 Å². The fourth-order valence-electron chi connectivity index (χ4n) is 3.15. The van der Waals surface area contributed by atoms with Gasteiger partial charge in [-0.25, -0.2) is 9.97 Å². The lowest BCUT2D eigenvalue weighted by Gasteiger charge is -2.12. The smallest absolute Gasteiger partial charge is 0.225 e. The Hall–Kier alpha value is -3.99. The molecular weight excluding hydrogens is 374 g/mol. The van der Waals surface area contributed by atoms with Crippen molar-refractivity contribution in [3.05, 3.63) is 96.7 Å². The van der Waals surface area contributed by atoms with E-state index in [4.69, 9.17) is 4.98 Å². The Morgan fingerprint density at radius 3 is 2.20 bits per heavy atom. The second-order valence-electron chi connectivity index (χ2n) is 6.90. The van der Waals surface area contributed by atoms with Crippen molar-refractivity contribution in [2.24, 2.45) is 0 Å². The van der Waals surface area contributed by atoms with Gasteiger partial charge in [-0.15, -0.1) is 0 Å². The van der Waals surface area contributed by atoms with Crippen molar-refractivity contribution in [1.82, 2.24) is 9.97 Å². The Balaban J connectivity index is 1.60. The molecule has 0 unspecified atom stereocenters. The Bertz CT molecular complexity index is 1130. The van der Waals surface area contributed by atoms with Crippen molar-refractivity contribution >= 4 is 11.7 Å². The van der Waals surface area contributed by atoms with Crippen LogP contribution in [0.2, 0.25) is 0 Å². The van der Waals surface area contributed by atoms with E-state index in [1.807, 2.05) is 60.7 Å². The largest absolute Gasteiger partial charge is 0.508 e. The second kappa shape index (κ2) is 9.01. The lowest BCUT2D eigenvalue weighted by Crippen LogP contribution is -2.15. The molecule has 0 spiro atoms. The van der Waals surface area contributed by atoms with Crippen LogP contribution < -0.4 is 5.32 Å². The highest BCUT2D eigenvalue weighted by Gasteiger charge is 2.14. The SMILES string of the molecule is O=C(CCc1ccccc1)Nc1ncc(-c2ccc(O)cc2)nc1-c1ccccc1. The summed E-state index contributed by atoms with van der Waals surface area (Å²) in [4.78, 5) is 21.8. The summed E-state index contributed by atoms with van der Waals surface area (Å²) in [6.07, 6.45) is 2.65. The minimum atomic E-state index is -0.109. The van der Waals surface area contributed by atoms with E-state index in [-0.39, 0.29) is 11.7 Å². The summed E-state index contributed by atoms with van der Waals surface area (Å²) < 4.78 is 0. The van der Waals surface area contributed by atoms with Gasteiger partial charge < -0.3 is 10.4 Å². The van der Waals surface area contributed by atoms with Crippen LogP contribution in [0.1, 0.15) is 12.0 Å². The van der Waals surface area contributed by atoms with Gasteiger partial charge in [0.15, 0.2) is 5.82 Å². The fourth-order valence-corrected chi connectivity index (χ4v) is 3.15. The summed E-state index contributed by atoms with van der Waals surface area (Å²) in [5, 5.41) is 12.4. The maximum absolute atomic E-state index is 12.6. The number of hydrogen-bond acceptors (Lipinski definition) is 4. The lowest BCUT2D eigenvalue weighted by molar-refractivity contribution is -0.116. The van der Waals surface area contributed by atoms with Crippen molar-refractivity contribution in [2.75, 3.05) is 5.32 Å². The maximum atomic E-state index is 12.6. The Labute approximate surface area is 175 Å². The molecule has 1 amide bonds. The average molecular weight is 395 g/mol. The van der Waals surface area contributed by atoms with Crippen LogP contribution in [-0.4, -0.2) is 21.0 Å². The number of aryl methyl sites for hydroxylation is 1. The van der Waals surface area contributed by atoms with Crippen LogP contribution in [0.3, 0.4) is 0 Å². The number of aromatic hydroxyl groups is 1. The second-order valence-corrected chi connectivity index (χ2v) is 6.90. The van der Waals surface area contributed by atoms with Gasteiger partial charge in [-0.2, -0.15) is 0 Å². The van der Waals surface area contributed by atoms with Crippen LogP contribution in [0.15, 0.2) is 91.1 Å². The van der Waals surface area contributed by atoms with Crippen LogP contribution in [0.4, 0.5) is 5.82 Å². The fraction of sp³-hybridized carbons (Fsp3) is 0.0800. The Morgan fingerprint density at radius 2 is 1.50 bits per heavy atom. The number of amides is 1. The average Bonchev–Trinajstić information content (AvgIpc) is 2.80. The molecule has 30 heavy (non-hydrogen) atoms. The minimum absolute atomic E-state index is 0.109. The summed E-state index contributed by atoms with van der Waals surface area (Å²) in [7, 11) is 0. The van der Waals surface area contributed by atoms with Crippen LogP contribution in [0.25, 0.3) is 22.5 Å². The number of nitrogens with one attached hydrogen (secondary N) is 1. The number of carbonyl (C=O) groups is 1. The zero-order chi connectivity index (χ0) is 20.8. The number of nitrogens with zero attached hydrogens (tertiary/aromatic N) is 2. The molecular formula is C25H21N3O2. The number of anilines is 1. The van der Waals surface area contributed by atoms with E-state index in [0.29, 0.717) is 30.0 Å². The zero-order valence-corrected chi connectivity index (χ0v) is 16.3. The summed E-state index contributed by atoms with van der Waals surface area (Å²) in [6, 6.07) is 26.3. The molecule has 0 radical (unpaired) electrons. The molecule has 0 saturated carbocycles. The van der Waals surface area contributed by atoms with Crippen LogP contribution in [-0.2, 0) is 11.2 Å². The summed E-state index contributed by atoms with van der Waals surface area (Å²) >= 11 is 0. The summed E-state index contributed by atoms with van der Waals surface area (Å²) in [5.41, 5.74) is 4.08. The molecule has 5 nitrogen and oxygen atoms in total. The van der Waals surface area contributed by atoms with E-state index in [0.717, 1.165) is 16.7 Å². The van der Waals surface area contributed by atoms with Gasteiger partial charge in [0.05, 0.1) is 11.9 Å². The van der Waals surface area contributed by atoms with E-state index in [1.165, 1.54) is 0 Å². The number of phenols is 1. The van der Waals surface area contributed by atoms with Crippen LogP contribution in [0.5, 0.6) is 5.75 Å². The molecule has 1 heterocycles. The van der Waals surface area contributed by atoms with E-state index in [9.17, 15) is 9.90 Å². The number of carbonyl (C=O) groups excluding carboxylic acids is 1. The van der Waals surface area contributed by atoms with Gasteiger partial charge in [0.2, 0.25) is 5.91 Å². The summed E-state index contributed by atoms with van der Waals surface area (Å²) in [5.74, 6) is 0.516. The van der Waals surface area contributed by atoms with Crippen molar-refractivity contribution in [1.29, 1.82) is 0 Å². The first-order valence-electron chi connectivity index (χ1n) is 9.75. The third kappa shape index (κ3) is 4.70. The third-order valence-electron chi connectivity index (χ3n) is 4.72. The molecule has 0 atom stereocenters. The number of aromatic nitrogens is 2. The van der Waals surface area contributed by atoms with E-state index in [2.05, 4.69) is 10.3 Å². The molecule has 148 valence electrons. The zero-order valence-electron chi connectivity index (χ0n) is 16.3. The lowest BCUT2D eigenvalue weighted by atomic mass is 10.1. The molecule has 4 rings (SSSR count).